The summed E-state index contributed by atoms with van der Waals surface area (Å²) in [5, 5.41) is 0. The number of carbonyl (C=O) groups is 1. The van der Waals surface area contributed by atoms with E-state index in [1.165, 1.54) is 0 Å². The topological polar surface area (TPSA) is 62.8 Å². The predicted octanol–water partition coefficient (Wildman–Crippen LogP) is -0.904. The Kier molecular flexibility index (Phi) is 1.71. The van der Waals surface area contributed by atoms with Gasteiger partial charge in [0.1, 0.15) is 12.4 Å². The largest absolute Gasteiger partial charge is 0.366 e. The number of aryl methyl sites for hydroxylation is 1. The summed E-state index contributed by atoms with van der Waals surface area (Å²) in [5.41, 5.74) is 4.98. The van der Waals surface area contributed by atoms with Gasteiger partial charge in [0.05, 0.1) is 0 Å². The molecule has 1 aromatic rings. The Labute approximate surface area is 58.7 Å². The first-order valence-corrected chi connectivity index (χ1v) is 3.02. The highest BCUT2D eigenvalue weighted by Crippen LogP contribution is 1.79. The van der Waals surface area contributed by atoms with E-state index in [9.17, 15) is 4.79 Å². The minimum absolute atomic E-state index is 0.245. The molecule has 0 spiro atoms. The van der Waals surface area contributed by atoms with Crippen molar-refractivity contribution in [3.8, 4) is 0 Å². The number of nitrogens with one attached hydrogen (secondary N) is 1. The average Bonchev–Trinajstić information content (AvgIpc) is 2.15. The van der Waals surface area contributed by atoms with Crippen LogP contribution in [0.2, 0.25) is 0 Å². The molecule has 10 heavy (non-hydrogen) atoms. The minimum Gasteiger partial charge on any atom is -0.366 e. The smallest absolute Gasteiger partial charge is 0.259 e. The molecule has 0 saturated carbocycles. The second-order valence-corrected chi connectivity index (χ2v) is 2.14. The molecule has 0 aromatic carbocycles. The molecule has 0 aliphatic heterocycles. The van der Waals surface area contributed by atoms with E-state index >= 15 is 0 Å². The number of rotatable bonds is 2. The summed E-state index contributed by atoms with van der Waals surface area (Å²) < 4.78 is 1.75. The SMILES string of the molecule is Cc1[nH]cc[n+]1CC(N)=O. The molecule has 0 unspecified atom stereocenters. The first-order chi connectivity index (χ1) is 4.70. The number of hydrogen-bond acceptors (Lipinski definition) is 1. The summed E-state index contributed by atoms with van der Waals surface area (Å²) in [4.78, 5) is 13.3. The summed E-state index contributed by atoms with van der Waals surface area (Å²) in [7, 11) is 0. The molecular weight excluding hydrogens is 130 g/mol. The molecular formula is C6H10N3O+. The Morgan fingerprint density at radius 2 is 2.60 bits per heavy atom. The highest BCUT2D eigenvalue weighted by atomic mass is 16.1. The Bertz CT molecular complexity index is 241. The third-order valence-corrected chi connectivity index (χ3v) is 1.30. The molecule has 0 aliphatic rings. The van der Waals surface area contributed by atoms with Crippen LogP contribution >= 0.6 is 0 Å². The van der Waals surface area contributed by atoms with E-state index in [1.807, 2.05) is 6.92 Å². The van der Waals surface area contributed by atoms with Crippen molar-refractivity contribution in [3.63, 3.8) is 0 Å². The Hall–Kier alpha value is -1.32. The quantitative estimate of drug-likeness (QED) is 0.513. The fourth-order valence-corrected chi connectivity index (χ4v) is 0.782. The van der Waals surface area contributed by atoms with Crippen molar-refractivity contribution in [3.05, 3.63) is 18.2 Å². The molecule has 0 radical (unpaired) electrons. The normalized spacial score (nSPS) is 9.70. The third-order valence-electron chi connectivity index (χ3n) is 1.30. The molecule has 3 N–H and O–H groups in total. The van der Waals surface area contributed by atoms with Gasteiger partial charge in [-0.15, -0.1) is 0 Å². The molecule has 1 aromatic heterocycles. The Balaban J connectivity index is 2.74. The number of hydrogen-bond donors (Lipinski definition) is 2. The van der Waals surface area contributed by atoms with Crippen LogP contribution in [0.3, 0.4) is 0 Å². The van der Waals surface area contributed by atoms with E-state index < -0.39 is 0 Å². The van der Waals surface area contributed by atoms with Crippen LogP contribution in [0.15, 0.2) is 12.4 Å². The van der Waals surface area contributed by atoms with Crippen molar-refractivity contribution in [2.75, 3.05) is 0 Å². The van der Waals surface area contributed by atoms with Gasteiger partial charge in [0, 0.05) is 6.92 Å². The van der Waals surface area contributed by atoms with Crippen LogP contribution in [0.1, 0.15) is 5.82 Å². The standard InChI is InChI=1S/C6H9N3O/c1-5-8-2-3-9(5)4-6(7)10/h2-3H,4H2,1H3,(H2,7,10)/p+1. The van der Waals surface area contributed by atoms with E-state index in [1.54, 1.807) is 17.0 Å². The predicted molar refractivity (Wildman–Crippen MR) is 34.9 cm³/mol. The van der Waals surface area contributed by atoms with Crippen molar-refractivity contribution in [1.29, 1.82) is 0 Å². The van der Waals surface area contributed by atoms with Gasteiger partial charge in [0.2, 0.25) is 0 Å². The summed E-state index contributed by atoms with van der Waals surface area (Å²) in [6.07, 6.45) is 3.54. The van der Waals surface area contributed by atoms with E-state index in [0.717, 1.165) is 5.82 Å². The zero-order valence-corrected chi connectivity index (χ0v) is 5.79. The van der Waals surface area contributed by atoms with Crippen LogP contribution in [0.4, 0.5) is 0 Å². The van der Waals surface area contributed by atoms with Gasteiger partial charge in [0.25, 0.3) is 11.7 Å². The van der Waals surface area contributed by atoms with Crippen LogP contribution in [-0.4, -0.2) is 10.9 Å². The molecule has 4 heteroatoms. The number of H-pyrrole nitrogens is 1. The Morgan fingerprint density at radius 3 is 3.00 bits per heavy atom. The van der Waals surface area contributed by atoms with Gasteiger partial charge in [-0.2, -0.15) is 0 Å². The van der Waals surface area contributed by atoms with E-state index in [2.05, 4.69) is 4.98 Å². The highest BCUT2D eigenvalue weighted by Gasteiger charge is 2.05. The van der Waals surface area contributed by atoms with Gasteiger partial charge < -0.3 is 5.73 Å². The van der Waals surface area contributed by atoms with Gasteiger partial charge >= 0.3 is 0 Å². The van der Waals surface area contributed by atoms with Crippen molar-refractivity contribution in [2.45, 2.75) is 13.5 Å². The fraction of sp³-hybridized carbons (Fsp3) is 0.333. The van der Waals surface area contributed by atoms with Crippen molar-refractivity contribution < 1.29 is 9.36 Å². The maximum atomic E-state index is 10.4. The third kappa shape index (κ3) is 1.34. The van der Waals surface area contributed by atoms with E-state index in [0.29, 0.717) is 0 Å². The Morgan fingerprint density at radius 1 is 1.90 bits per heavy atom. The molecule has 54 valence electrons. The second-order valence-electron chi connectivity index (χ2n) is 2.14. The van der Waals surface area contributed by atoms with Crippen molar-refractivity contribution in [2.24, 2.45) is 5.73 Å². The fourth-order valence-electron chi connectivity index (χ4n) is 0.782. The number of aromatic amines is 1. The molecule has 0 saturated heterocycles. The van der Waals surface area contributed by atoms with Gasteiger partial charge in [-0.3, -0.25) is 4.79 Å². The first-order valence-electron chi connectivity index (χ1n) is 3.02. The maximum Gasteiger partial charge on any atom is 0.259 e. The lowest BCUT2D eigenvalue weighted by molar-refractivity contribution is -0.689. The lowest BCUT2D eigenvalue weighted by Gasteiger charge is -1.90. The van der Waals surface area contributed by atoms with Gasteiger partial charge in [-0.05, 0) is 0 Å². The molecule has 1 amide bonds. The lowest BCUT2D eigenvalue weighted by Crippen LogP contribution is -2.41. The summed E-state index contributed by atoms with van der Waals surface area (Å²) in [6, 6.07) is 0. The molecule has 0 atom stereocenters. The van der Waals surface area contributed by atoms with Crippen LogP contribution in [0, 0.1) is 6.92 Å². The zero-order chi connectivity index (χ0) is 7.56. The van der Waals surface area contributed by atoms with E-state index in [-0.39, 0.29) is 12.5 Å². The second kappa shape index (κ2) is 2.51. The van der Waals surface area contributed by atoms with Crippen LogP contribution in [0.25, 0.3) is 0 Å². The number of nitrogens with zero attached hydrogens (tertiary/aromatic N) is 1. The monoisotopic (exact) mass is 140 g/mol. The van der Waals surface area contributed by atoms with Crippen LogP contribution in [-0.2, 0) is 11.3 Å². The summed E-state index contributed by atoms with van der Waals surface area (Å²) >= 11 is 0. The maximum absolute atomic E-state index is 10.4. The summed E-state index contributed by atoms with van der Waals surface area (Å²) in [6.45, 7) is 2.12. The summed E-state index contributed by atoms with van der Waals surface area (Å²) in [5.74, 6) is 0.603. The van der Waals surface area contributed by atoms with Crippen molar-refractivity contribution >= 4 is 5.91 Å². The molecule has 1 rings (SSSR count). The zero-order valence-electron chi connectivity index (χ0n) is 5.79. The number of imidazole rings is 1. The number of aromatic nitrogens is 2. The van der Waals surface area contributed by atoms with E-state index in [4.69, 9.17) is 5.73 Å². The number of nitrogens with two attached hydrogens (primary N) is 1. The van der Waals surface area contributed by atoms with Gasteiger partial charge in [0.15, 0.2) is 6.54 Å². The molecule has 1 heterocycles. The van der Waals surface area contributed by atoms with Crippen LogP contribution < -0.4 is 10.3 Å². The highest BCUT2D eigenvalue weighted by molar-refractivity contribution is 5.72. The molecule has 0 bridgehead atoms. The van der Waals surface area contributed by atoms with Crippen molar-refractivity contribution in [1.82, 2.24) is 4.98 Å². The van der Waals surface area contributed by atoms with Gasteiger partial charge in [-0.1, -0.05) is 0 Å². The average molecular weight is 140 g/mol. The molecule has 0 fully saturated rings. The number of carbonyl (C=O) groups excluding carboxylic acids is 1. The molecule has 0 aliphatic carbocycles. The minimum atomic E-state index is -0.326. The molecule has 4 nitrogen and oxygen atoms in total. The number of primary amides is 1. The first kappa shape index (κ1) is 6.80. The van der Waals surface area contributed by atoms with Crippen LogP contribution in [0.5, 0.6) is 0 Å². The number of amides is 1. The lowest BCUT2D eigenvalue weighted by atomic mass is 10.5. The van der Waals surface area contributed by atoms with Gasteiger partial charge in [-0.25, -0.2) is 9.55 Å².